The molecule has 0 saturated carbocycles. The van der Waals surface area contributed by atoms with Gasteiger partial charge in [0.25, 0.3) is 0 Å². The number of nitrogens with one attached hydrogen (secondary N) is 2. The molecule has 1 aromatic carbocycles. The van der Waals surface area contributed by atoms with E-state index >= 15 is 0 Å². The lowest BCUT2D eigenvalue weighted by Crippen LogP contribution is -2.18. The van der Waals surface area contributed by atoms with Gasteiger partial charge in [-0.25, -0.2) is 4.98 Å². The van der Waals surface area contributed by atoms with E-state index in [0.29, 0.717) is 0 Å². The van der Waals surface area contributed by atoms with Crippen LogP contribution in [0.1, 0.15) is 17.4 Å². The van der Waals surface area contributed by atoms with E-state index in [1.54, 1.807) is 0 Å². The Bertz CT molecular complexity index is 368. The largest absolute Gasteiger partial charge is 0.307 e. The van der Waals surface area contributed by atoms with Gasteiger partial charge in [-0.2, -0.15) is 5.10 Å². The van der Waals surface area contributed by atoms with E-state index in [2.05, 4.69) is 32.6 Å². The van der Waals surface area contributed by atoms with Crippen molar-refractivity contribution in [1.29, 1.82) is 0 Å². The van der Waals surface area contributed by atoms with E-state index in [0.717, 1.165) is 5.82 Å². The number of hydrogen-bond acceptors (Lipinski definition) is 3. The van der Waals surface area contributed by atoms with E-state index in [1.807, 2.05) is 25.2 Å². The van der Waals surface area contributed by atoms with Crippen LogP contribution >= 0.6 is 0 Å². The maximum atomic E-state index is 4.13. The van der Waals surface area contributed by atoms with Crippen molar-refractivity contribution in [3.63, 3.8) is 0 Å². The fourth-order valence-electron chi connectivity index (χ4n) is 1.46. The molecule has 2 aromatic rings. The van der Waals surface area contributed by atoms with Crippen molar-refractivity contribution in [3.8, 4) is 0 Å². The molecule has 0 aliphatic heterocycles. The minimum atomic E-state index is 0.0821. The molecule has 1 aromatic heterocycles. The van der Waals surface area contributed by atoms with E-state index in [9.17, 15) is 0 Å². The number of nitrogens with zero attached hydrogens (tertiary/aromatic N) is 2. The molecule has 0 amide bonds. The summed E-state index contributed by atoms with van der Waals surface area (Å²) in [6, 6.07) is 10.2. The van der Waals surface area contributed by atoms with Crippen molar-refractivity contribution in [2.24, 2.45) is 0 Å². The third-order valence-corrected chi connectivity index (χ3v) is 2.13. The normalized spacial score (nSPS) is 12.6. The predicted octanol–water partition coefficient (Wildman–Crippen LogP) is 1.11. The first-order valence-electron chi connectivity index (χ1n) is 4.49. The Morgan fingerprint density at radius 3 is 2.64 bits per heavy atom. The van der Waals surface area contributed by atoms with Crippen molar-refractivity contribution in [2.45, 2.75) is 6.04 Å². The Kier molecular flexibility index (Phi) is 2.55. The van der Waals surface area contributed by atoms with Crippen LogP contribution in [-0.2, 0) is 0 Å². The summed E-state index contributed by atoms with van der Waals surface area (Å²) in [5.74, 6) is 0.832. The van der Waals surface area contributed by atoms with Gasteiger partial charge < -0.3 is 5.32 Å². The molecule has 72 valence electrons. The average Bonchev–Trinajstić information content (AvgIpc) is 2.74. The average molecular weight is 188 g/mol. The van der Waals surface area contributed by atoms with Gasteiger partial charge >= 0.3 is 0 Å². The summed E-state index contributed by atoms with van der Waals surface area (Å²) in [5.41, 5.74) is 1.17. The summed E-state index contributed by atoms with van der Waals surface area (Å²) in [6.07, 6.45) is 1.52. The molecule has 2 rings (SSSR count). The van der Waals surface area contributed by atoms with Gasteiger partial charge in [-0.3, -0.25) is 5.10 Å². The SMILES string of the molecule is CNC(c1ccccc1)c1ncn[nH]1. The number of rotatable bonds is 3. The molecule has 1 unspecified atom stereocenters. The monoisotopic (exact) mass is 188 g/mol. The Morgan fingerprint density at radius 2 is 2.07 bits per heavy atom. The van der Waals surface area contributed by atoms with Crippen LogP contribution in [0.15, 0.2) is 36.7 Å². The highest BCUT2D eigenvalue weighted by atomic mass is 15.2. The molecule has 1 heterocycles. The lowest BCUT2D eigenvalue weighted by molar-refractivity contribution is 0.650. The second-order valence-corrected chi connectivity index (χ2v) is 3.00. The zero-order valence-corrected chi connectivity index (χ0v) is 7.94. The molecular weight excluding hydrogens is 176 g/mol. The Labute approximate surface area is 82.4 Å². The highest BCUT2D eigenvalue weighted by Gasteiger charge is 2.13. The summed E-state index contributed by atoms with van der Waals surface area (Å²) >= 11 is 0. The third-order valence-electron chi connectivity index (χ3n) is 2.13. The topological polar surface area (TPSA) is 53.6 Å². The first-order chi connectivity index (χ1) is 6.92. The summed E-state index contributed by atoms with van der Waals surface area (Å²) < 4.78 is 0. The van der Waals surface area contributed by atoms with E-state index in [4.69, 9.17) is 0 Å². The maximum Gasteiger partial charge on any atom is 0.145 e. The number of hydrogen-bond donors (Lipinski definition) is 2. The zero-order chi connectivity index (χ0) is 9.80. The van der Waals surface area contributed by atoms with Crippen LogP contribution in [-0.4, -0.2) is 22.2 Å². The molecule has 0 radical (unpaired) electrons. The second kappa shape index (κ2) is 4.02. The lowest BCUT2D eigenvalue weighted by Gasteiger charge is -2.12. The number of aromatic amines is 1. The minimum Gasteiger partial charge on any atom is -0.307 e. The summed E-state index contributed by atoms with van der Waals surface area (Å²) in [4.78, 5) is 4.13. The zero-order valence-electron chi connectivity index (χ0n) is 7.94. The standard InChI is InChI=1S/C10H12N4/c1-11-9(10-12-7-13-14-10)8-5-3-2-4-6-8/h2-7,9,11H,1H3,(H,12,13,14). The number of benzene rings is 1. The van der Waals surface area contributed by atoms with Gasteiger partial charge in [0.1, 0.15) is 12.2 Å². The maximum absolute atomic E-state index is 4.13. The van der Waals surface area contributed by atoms with Gasteiger partial charge in [0.15, 0.2) is 0 Å². The van der Waals surface area contributed by atoms with Crippen LogP contribution in [0.5, 0.6) is 0 Å². The number of H-pyrrole nitrogens is 1. The van der Waals surface area contributed by atoms with Crippen LogP contribution in [0.2, 0.25) is 0 Å². The van der Waals surface area contributed by atoms with Crippen molar-refractivity contribution in [3.05, 3.63) is 48.0 Å². The Morgan fingerprint density at radius 1 is 1.29 bits per heavy atom. The molecule has 0 saturated heterocycles. The molecule has 14 heavy (non-hydrogen) atoms. The van der Waals surface area contributed by atoms with Gasteiger partial charge in [0, 0.05) is 0 Å². The summed E-state index contributed by atoms with van der Waals surface area (Å²) in [5, 5.41) is 9.89. The molecule has 0 aliphatic rings. The fraction of sp³-hybridized carbons (Fsp3) is 0.200. The van der Waals surface area contributed by atoms with E-state index in [1.165, 1.54) is 11.9 Å². The van der Waals surface area contributed by atoms with Crippen LogP contribution in [0.3, 0.4) is 0 Å². The number of aromatic nitrogens is 3. The lowest BCUT2D eigenvalue weighted by atomic mass is 10.1. The molecule has 4 nitrogen and oxygen atoms in total. The molecule has 4 heteroatoms. The highest BCUT2D eigenvalue weighted by Crippen LogP contribution is 2.16. The van der Waals surface area contributed by atoms with Crippen LogP contribution < -0.4 is 5.32 Å². The van der Waals surface area contributed by atoms with Crippen molar-refractivity contribution < 1.29 is 0 Å². The van der Waals surface area contributed by atoms with Crippen LogP contribution in [0, 0.1) is 0 Å². The first-order valence-corrected chi connectivity index (χ1v) is 4.49. The quantitative estimate of drug-likeness (QED) is 0.758. The molecule has 0 aliphatic carbocycles. The van der Waals surface area contributed by atoms with Crippen molar-refractivity contribution >= 4 is 0 Å². The fourth-order valence-corrected chi connectivity index (χ4v) is 1.46. The molecule has 1 atom stereocenters. The third kappa shape index (κ3) is 1.65. The van der Waals surface area contributed by atoms with Crippen LogP contribution in [0.4, 0.5) is 0 Å². The molecular formula is C10H12N4. The van der Waals surface area contributed by atoms with E-state index in [-0.39, 0.29) is 6.04 Å². The van der Waals surface area contributed by atoms with Gasteiger partial charge in [-0.15, -0.1) is 0 Å². The molecule has 2 N–H and O–H groups in total. The molecule has 0 spiro atoms. The Hall–Kier alpha value is -1.68. The molecule has 0 bridgehead atoms. The Balaban J connectivity index is 2.31. The second-order valence-electron chi connectivity index (χ2n) is 3.00. The van der Waals surface area contributed by atoms with Gasteiger partial charge in [0.05, 0.1) is 6.04 Å². The van der Waals surface area contributed by atoms with Gasteiger partial charge in [-0.1, -0.05) is 30.3 Å². The minimum absolute atomic E-state index is 0.0821. The summed E-state index contributed by atoms with van der Waals surface area (Å²) in [6.45, 7) is 0. The van der Waals surface area contributed by atoms with Crippen molar-refractivity contribution in [1.82, 2.24) is 20.5 Å². The smallest absolute Gasteiger partial charge is 0.145 e. The predicted molar refractivity (Wildman–Crippen MR) is 53.7 cm³/mol. The van der Waals surface area contributed by atoms with E-state index < -0.39 is 0 Å². The summed E-state index contributed by atoms with van der Waals surface area (Å²) in [7, 11) is 1.90. The van der Waals surface area contributed by atoms with Crippen LogP contribution in [0.25, 0.3) is 0 Å². The van der Waals surface area contributed by atoms with Gasteiger partial charge in [0.2, 0.25) is 0 Å². The highest BCUT2D eigenvalue weighted by molar-refractivity contribution is 5.23. The van der Waals surface area contributed by atoms with Crippen molar-refractivity contribution in [2.75, 3.05) is 7.05 Å². The van der Waals surface area contributed by atoms with Gasteiger partial charge in [-0.05, 0) is 12.6 Å². The first kappa shape index (κ1) is 8.90. The molecule has 0 fully saturated rings.